The molecular weight excluding hydrogens is 324 g/mol. The van der Waals surface area contributed by atoms with E-state index in [4.69, 9.17) is 0 Å². The van der Waals surface area contributed by atoms with E-state index >= 15 is 0 Å². The molecule has 0 unspecified atom stereocenters. The van der Waals surface area contributed by atoms with Gasteiger partial charge in [-0.25, -0.2) is 4.98 Å². The largest absolute Gasteiger partial charge is 0.372 e. The second-order valence-corrected chi connectivity index (χ2v) is 5.56. The second kappa shape index (κ2) is 6.69. The van der Waals surface area contributed by atoms with Gasteiger partial charge in [0, 0.05) is 36.7 Å². The lowest BCUT2D eigenvalue weighted by Crippen LogP contribution is -2.32. The van der Waals surface area contributed by atoms with E-state index in [9.17, 15) is 9.59 Å². The molecule has 1 aromatic heterocycles. The van der Waals surface area contributed by atoms with Gasteiger partial charge >= 0.3 is 0 Å². The van der Waals surface area contributed by atoms with Crippen molar-refractivity contribution in [2.45, 2.75) is 25.3 Å². The van der Waals surface area contributed by atoms with Crippen LogP contribution in [-0.2, 0) is 4.79 Å². The summed E-state index contributed by atoms with van der Waals surface area (Å²) in [5.41, 5.74) is 0.449. The molecule has 20 heavy (non-hydrogen) atoms. The first-order valence-electron chi connectivity index (χ1n) is 6.51. The Bertz CT molecular complexity index is 517. The zero-order chi connectivity index (χ0) is 14.5. The number of rotatable bonds is 6. The highest BCUT2D eigenvalue weighted by Gasteiger charge is 2.23. The molecule has 0 atom stereocenters. The van der Waals surface area contributed by atoms with Gasteiger partial charge in [-0.2, -0.15) is 0 Å². The predicted octanol–water partition coefficient (Wildman–Crippen LogP) is 1.28. The Morgan fingerprint density at radius 1 is 1.45 bits per heavy atom. The van der Waals surface area contributed by atoms with E-state index in [1.54, 1.807) is 19.3 Å². The van der Waals surface area contributed by atoms with E-state index in [-0.39, 0.29) is 11.8 Å². The van der Waals surface area contributed by atoms with Gasteiger partial charge in [-0.05, 0) is 34.8 Å². The standard InChI is InChI=1S/C13H17BrN4O2/c1-15-12-10(6-8(14)7-17-12)13(20)16-5-4-11(19)18-9-2-3-9/h6-7,9H,2-5H2,1H3,(H,15,17)(H,16,20)(H,18,19). The molecule has 108 valence electrons. The lowest BCUT2D eigenvalue weighted by Gasteiger charge is -2.09. The van der Waals surface area contributed by atoms with Gasteiger partial charge < -0.3 is 16.0 Å². The molecule has 0 aromatic carbocycles. The average molecular weight is 341 g/mol. The summed E-state index contributed by atoms with van der Waals surface area (Å²) in [6, 6.07) is 2.04. The first kappa shape index (κ1) is 14.8. The highest BCUT2D eigenvalue weighted by Crippen LogP contribution is 2.19. The van der Waals surface area contributed by atoms with Crippen LogP contribution in [0.15, 0.2) is 16.7 Å². The molecule has 1 aliphatic rings. The highest BCUT2D eigenvalue weighted by atomic mass is 79.9. The van der Waals surface area contributed by atoms with Crippen molar-refractivity contribution < 1.29 is 9.59 Å². The van der Waals surface area contributed by atoms with Crippen LogP contribution in [0, 0.1) is 0 Å². The summed E-state index contributed by atoms with van der Waals surface area (Å²) in [4.78, 5) is 27.7. The highest BCUT2D eigenvalue weighted by molar-refractivity contribution is 9.10. The number of carbonyl (C=O) groups excluding carboxylic acids is 2. The summed E-state index contributed by atoms with van der Waals surface area (Å²) < 4.78 is 0.730. The van der Waals surface area contributed by atoms with Crippen molar-refractivity contribution in [2.24, 2.45) is 0 Å². The van der Waals surface area contributed by atoms with E-state index in [1.165, 1.54) is 0 Å². The van der Waals surface area contributed by atoms with Crippen molar-refractivity contribution in [1.82, 2.24) is 15.6 Å². The van der Waals surface area contributed by atoms with Crippen molar-refractivity contribution in [3.05, 3.63) is 22.3 Å². The Morgan fingerprint density at radius 3 is 2.85 bits per heavy atom. The smallest absolute Gasteiger partial charge is 0.255 e. The molecule has 2 amide bonds. The summed E-state index contributed by atoms with van der Waals surface area (Å²) >= 11 is 3.28. The van der Waals surface area contributed by atoms with Crippen molar-refractivity contribution in [3.63, 3.8) is 0 Å². The number of amides is 2. The maximum atomic E-state index is 12.0. The van der Waals surface area contributed by atoms with Gasteiger partial charge in [-0.3, -0.25) is 9.59 Å². The van der Waals surface area contributed by atoms with E-state index in [2.05, 4.69) is 36.9 Å². The summed E-state index contributed by atoms with van der Waals surface area (Å²) in [6.45, 7) is 0.313. The van der Waals surface area contributed by atoms with Gasteiger partial charge in [0.05, 0.1) is 5.56 Å². The minimum Gasteiger partial charge on any atom is -0.372 e. The summed E-state index contributed by atoms with van der Waals surface area (Å²) in [7, 11) is 1.70. The SMILES string of the molecule is CNc1ncc(Br)cc1C(=O)NCCC(=O)NC1CC1. The van der Waals surface area contributed by atoms with Crippen LogP contribution in [0.1, 0.15) is 29.6 Å². The molecule has 1 aliphatic carbocycles. The molecule has 0 radical (unpaired) electrons. The zero-order valence-electron chi connectivity index (χ0n) is 11.2. The van der Waals surface area contributed by atoms with Crippen LogP contribution in [0.25, 0.3) is 0 Å². The summed E-state index contributed by atoms with van der Waals surface area (Å²) in [5.74, 6) is 0.240. The van der Waals surface area contributed by atoms with Crippen LogP contribution in [-0.4, -0.2) is 36.4 Å². The molecule has 1 heterocycles. The zero-order valence-corrected chi connectivity index (χ0v) is 12.8. The van der Waals surface area contributed by atoms with Gasteiger partial charge in [0.15, 0.2) is 0 Å². The molecule has 6 nitrogen and oxygen atoms in total. The number of pyridine rings is 1. The van der Waals surface area contributed by atoms with E-state index in [1.807, 2.05) is 0 Å². The fourth-order valence-corrected chi connectivity index (χ4v) is 2.06. The maximum Gasteiger partial charge on any atom is 0.255 e. The van der Waals surface area contributed by atoms with Crippen molar-refractivity contribution in [2.75, 3.05) is 18.9 Å². The normalized spacial score (nSPS) is 13.7. The number of halogens is 1. The third-order valence-electron chi connectivity index (χ3n) is 2.92. The Balaban J connectivity index is 1.84. The first-order chi connectivity index (χ1) is 9.60. The van der Waals surface area contributed by atoms with Gasteiger partial charge in [-0.15, -0.1) is 0 Å². The van der Waals surface area contributed by atoms with Crippen molar-refractivity contribution in [1.29, 1.82) is 0 Å². The van der Waals surface area contributed by atoms with Crippen LogP contribution in [0.5, 0.6) is 0 Å². The van der Waals surface area contributed by atoms with Crippen LogP contribution < -0.4 is 16.0 Å². The van der Waals surface area contributed by atoms with Gasteiger partial charge in [0.25, 0.3) is 5.91 Å². The van der Waals surface area contributed by atoms with Crippen LogP contribution in [0.3, 0.4) is 0 Å². The monoisotopic (exact) mass is 340 g/mol. The fourth-order valence-electron chi connectivity index (χ4n) is 1.72. The Hall–Kier alpha value is -1.63. The molecule has 0 saturated heterocycles. The van der Waals surface area contributed by atoms with E-state index < -0.39 is 0 Å². The van der Waals surface area contributed by atoms with Crippen molar-refractivity contribution in [3.8, 4) is 0 Å². The van der Waals surface area contributed by atoms with Gasteiger partial charge in [-0.1, -0.05) is 0 Å². The van der Waals surface area contributed by atoms with E-state index in [0.29, 0.717) is 30.4 Å². The summed E-state index contributed by atoms with van der Waals surface area (Å²) in [5, 5.41) is 8.47. The number of aromatic nitrogens is 1. The number of hydrogen-bond acceptors (Lipinski definition) is 4. The molecule has 7 heteroatoms. The first-order valence-corrected chi connectivity index (χ1v) is 7.30. The molecule has 1 saturated carbocycles. The third-order valence-corrected chi connectivity index (χ3v) is 3.35. The second-order valence-electron chi connectivity index (χ2n) is 4.65. The predicted molar refractivity (Wildman–Crippen MR) is 79.6 cm³/mol. The molecule has 1 fully saturated rings. The van der Waals surface area contributed by atoms with Crippen LogP contribution >= 0.6 is 15.9 Å². The number of nitrogens with one attached hydrogen (secondary N) is 3. The van der Waals surface area contributed by atoms with Crippen LogP contribution in [0.2, 0.25) is 0 Å². The number of hydrogen-bond donors (Lipinski definition) is 3. The molecule has 1 aromatic rings. The van der Waals surface area contributed by atoms with Gasteiger partial charge in [0.2, 0.25) is 5.91 Å². The fraction of sp³-hybridized carbons (Fsp3) is 0.462. The molecule has 0 aliphatic heterocycles. The topological polar surface area (TPSA) is 83.1 Å². The summed E-state index contributed by atoms with van der Waals surface area (Å²) in [6.07, 6.45) is 4.03. The number of carbonyl (C=O) groups is 2. The number of nitrogens with zero attached hydrogens (tertiary/aromatic N) is 1. The van der Waals surface area contributed by atoms with Crippen molar-refractivity contribution >= 4 is 33.6 Å². The van der Waals surface area contributed by atoms with Crippen LogP contribution in [0.4, 0.5) is 5.82 Å². The molecule has 3 N–H and O–H groups in total. The minimum absolute atomic E-state index is 0.0194. The molecule has 0 spiro atoms. The van der Waals surface area contributed by atoms with E-state index in [0.717, 1.165) is 17.3 Å². The Morgan fingerprint density at radius 2 is 2.20 bits per heavy atom. The molecule has 2 rings (SSSR count). The quantitative estimate of drug-likeness (QED) is 0.728. The lowest BCUT2D eigenvalue weighted by atomic mass is 10.2. The minimum atomic E-state index is -0.248. The average Bonchev–Trinajstić information content (AvgIpc) is 3.22. The maximum absolute atomic E-state index is 12.0. The molecular formula is C13H17BrN4O2. The molecule has 0 bridgehead atoms. The van der Waals surface area contributed by atoms with Gasteiger partial charge in [0.1, 0.15) is 5.82 Å². The third kappa shape index (κ3) is 4.19. The Kier molecular flexibility index (Phi) is 4.94. The lowest BCUT2D eigenvalue weighted by molar-refractivity contribution is -0.121. The Labute approximate surface area is 125 Å². The number of anilines is 1.